The second kappa shape index (κ2) is 9.19. The summed E-state index contributed by atoms with van der Waals surface area (Å²) in [5.41, 5.74) is 3.15. The summed E-state index contributed by atoms with van der Waals surface area (Å²) >= 11 is 0. The van der Waals surface area contributed by atoms with Crippen LogP contribution in [0, 0.1) is 0 Å². The van der Waals surface area contributed by atoms with Gasteiger partial charge in [0.25, 0.3) is 0 Å². The number of aromatic nitrogens is 4. The van der Waals surface area contributed by atoms with Gasteiger partial charge in [-0.1, -0.05) is 59.7 Å². The Labute approximate surface area is 175 Å². The van der Waals surface area contributed by atoms with Crippen LogP contribution >= 0.6 is 0 Å². The summed E-state index contributed by atoms with van der Waals surface area (Å²) in [7, 11) is 1.62. The van der Waals surface area contributed by atoms with E-state index in [1.54, 1.807) is 7.11 Å². The van der Waals surface area contributed by atoms with Gasteiger partial charge in [-0.3, -0.25) is 0 Å². The third-order valence-electron chi connectivity index (χ3n) is 4.78. The largest absolute Gasteiger partial charge is 0.493 e. The van der Waals surface area contributed by atoms with Gasteiger partial charge in [0.05, 0.1) is 12.8 Å². The molecule has 0 spiro atoms. The number of benzene rings is 3. The number of nitrogens with zero attached hydrogens (tertiary/aromatic N) is 4. The first kappa shape index (κ1) is 19.6. The van der Waals surface area contributed by atoms with E-state index in [0.29, 0.717) is 18.0 Å². The van der Waals surface area contributed by atoms with Gasteiger partial charge in [-0.2, -0.15) is 4.68 Å². The van der Waals surface area contributed by atoms with Crippen LogP contribution in [0.3, 0.4) is 0 Å². The summed E-state index contributed by atoms with van der Waals surface area (Å²) in [4.78, 5) is 0. The third kappa shape index (κ3) is 4.47. The molecule has 0 saturated heterocycles. The van der Waals surface area contributed by atoms with Crippen molar-refractivity contribution in [3.63, 3.8) is 0 Å². The molecular weight excluding hydrogens is 378 g/mol. The fraction of sp³-hybridized carbons (Fsp3) is 0.174. The van der Waals surface area contributed by atoms with Crippen molar-refractivity contribution < 1.29 is 9.47 Å². The zero-order valence-corrected chi connectivity index (χ0v) is 16.9. The number of rotatable bonds is 8. The quantitative estimate of drug-likeness (QED) is 0.474. The van der Waals surface area contributed by atoms with Crippen LogP contribution in [0.4, 0.5) is 0 Å². The second-order valence-corrected chi connectivity index (χ2v) is 6.81. The van der Waals surface area contributed by atoms with Crippen LogP contribution < -0.4 is 14.8 Å². The normalized spacial score (nSPS) is 11.8. The molecule has 1 N–H and O–H groups in total. The van der Waals surface area contributed by atoms with Crippen molar-refractivity contribution >= 4 is 0 Å². The topological polar surface area (TPSA) is 74.1 Å². The lowest BCUT2D eigenvalue weighted by molar-refractivity contribution is 0.362. The van der Waals surface area contributed by atoms with Crippen molar-refractivity contribution in [2.24, 2.45) is 0 Å². The molecule has 1 heterocycles. The van der Waals surface area contributed by atoms with E-state index >= 15 is 0 Å². The average Bonchev–Trinajstić information content (AvgIpc) is 3.27. The van der Waals surface area contributed by atoms with E-state index in [2.05, 4.69) is 39.9 Å². The van der Waals surface area contributed by atoms with Crippen molar-refractivity contribution in [1.82, 2.24) is 25.5 Å². The van der Waals surface area contributed by atoms with Crippen LogP contribution in [0.15, 0.2) is 78.9 Å². The van der Waals surface area contributed by atoms with Crippen molar-refractivity contribution in [3.05, 3.63) is 90.0 Å². The lowest BCUT2D eigenvalue weighted by Crippen LogP contribution is -2.18. The lowest BCUT2D eigenvalue weighted by Gasteiger charge is -2.15. The van der Waals surface area contributed by atoms with Gasteiger partial charge in [-0.05, 0) is 52.7 Å². The first-order valence-electron chi connectivity index (χ1n) is 9.71. The minimum atomic E-state index is 0.239. The van der Waals surface area contributed by atoms with Crippen molar-refractivity contribution in [1.29, 1.82) is 0 Å². The summed E-state index contributed by atoms with van der Waals surface area (Å²) in [5.74, 6) is 1.16. The van der Waals surface area contributed by atoms with Crippen LogP contribution in [-0.4, -0.2) is 27.3 Å². The van der Waals surface area contributed by atoms with Gasteiger partial charge in [-0.15, -0.1) is 0 Å². The Morgan fingerprint density at radius 1 is 0.933 bits per heavy atom. The Hall–Kier alpha value is -3.71. The monoisotopic (exact) mass is 401 g/mol. The van der Waals surface area contributed by atoms with Crippen molar-refractivity contribution in [2.75, 3.05) is 7.11 Å². The van der Waals surface area contributed by atoms with E-state index in [1.165, 1.54) is 10.2 Å². The Bertz CT molecular complexity index is 1080. The molecule has 4 rings (SSSR count). The molecule has 1 atom stereocenters. The fourth-order valence-corrected chi connectivity index (χ4v) is 3.11. The van der Waals surface area contributed by atoms with Gasteiger partial charge >= 0.3 is 6.01 Å². The molecule has 0 aliphatic heterocycles. The highest BCUT2D eigenvalue weighted by Gasteiger charge is 2.14. The van der Waals surface area contributed by atoms with E-state index in [1.807, 2.05) is 66.7 Å². The van der Waals surface area contributed by atoms with Crippen LogP contribution in [0.5, 0.6) is 17.5 Å². The molecule has 0 bridgehead atoms. The number of hydrogen-bond donors (Lipinski definition) is 1. The Balaban J connectivity index is 1.48. The van der Waals surface area contributed by atoms with Gasteiger partial charge in [0, 0.05) is 12.6 Å². The zero-order valence-electron chi connectivity index (χ0n) is 16.9. The lowest BCUT2D eigenvalue weighted by atomic mass is 10.1. The number of nitrogens with one attached hydrogen (secondary N) is 1. The molecule has 0 aliphatic carbocycles. The van der Waals surface area contributed by atoms with Gasteiger partial charge in [0.2, 0.25) is 0 Å². The fourth-order valence-electron chi connectivity index (χ4n) is 3.11. The molecule has 0 amide bonds. The SMILES string of the molecule is COc1cc(CNC(C)c2ccccc2)ccc1Oc1nnnn1-c1ccccc1. The van der Waals surface area contributed by atoms with Gasteiger partial charge in [0.1, 0.15) is 0 Å². The maximum absolute atomic E-state index is 5.96. The summed E-state index contributed by atoms with van der Waals surface area (Å²) in [6.07, 6.45) is 0. The first-order chi connectivity index (χ1) is 14.7. The second-order valence-electron chi connectivity index (χ2n) is 6.81. The Morgan fingerprint density at radius 3 is 2.40 bits per heavy atom. The summed E-state index contributed by atoms with van der Waals surface area (Å²) < 4.78 is 13.0. The van der Waals surface area contributed by atoms with Crippen LogP contribution in [0.1, 0.15) is 24.1 Å². The molecule has 0 aliphatic rings. The minimum absolute atomic E-state index is 0.239. The molecule has 0 radical (unpaired) electrons. The first-order valence-corrected chi connectivity index (χ1v) is 9.71. The van der Waals surface area contributed by atoms with Crippen LogP contribution in [0.25, 0.3) is 5.69 Å². The molecule has 1 unspecified atom stereocenters. The Morgan fingerprint density at radius 2 is 1.67 bits per heavy atom. The van der Waals surface area contributed by atoms with Gasteiger partial charge in [-0.25, -0.2) is 0 Å². The Kier molecular flexibility index (Phi) is 6.01. The summed E-state index contributed by atoms with van der Waals surface area (Å²) in [6, 6.07) is 26.3. The molecular formula is C23H23N5O2. The molecule has 152 valence electrons. The van der Waals surface area contributed by atoms with E-state index in [0.717, 1.165) is 11.3 Å². The van der Waals surface area contributed by atoms with Crippen LogP contribution in [0.2, 0.25) is 0 Å². The highest BCUT2D eigenvalue weighted by atomic mass is 16.5. The molecule has 0 saturated carbocycles. The maximum atomic E-state index is 5.96. The maximum Gasteiger partial charge on any atom is 0.346 e. The number of para-hydroxylation sites is 1. The van der Waals surface area contributed by atoms with Crippen LogP contribution in [-0.2, 0) is 6.54 Å². The summed E-state index contributed by atoms with van der Waals surface area (Å²) in [6.45, 7) is 2.85. The number of hydrogen-bond acceptors (Lipinski definition) is 6. The molecule has 7 heteroatoms. The molecule has 30 heavy (non-hydrogen) atoms. The van der Waals surface area contributed by atoms with Crippen molar-refractivity contribution in [2.45, 2.75) is 19.5 Å². The molecule has 0 fully saturated rings. The van der Waals surface area contributed by atoms with Gasteiger partial charge in [0.15, 0.2) is 11.5 Å². The number of tetrazole rings is 1. The van der Waals surface area contributed by atoms with Crippen molar-refractivity contribution in [3.8, 4) is 23.2 Å². The highest BCUT2D eigenvalue weighted by Crippen LogP contribution is 2.32. The molecule has 7 nitrogen and oxygen atoms in total. The number of methoxy groups -OCH3 is 1. The van der Waals surface area contributed by atoms with E-state index in [4.69, 9.17) is 9.47 Å². The van der Waals surface area contributed by atoms with E-state index < -0.39 is 0 Å². The standard InChI is InChI=1S/C23H23N5O2/c1-17(19-9-5-3-6-10-19)24-16-18-13-14-21(22(15-18)29-2)30-23-25-26-27-28(23)20-11-7-4-8-12-20/h3-15,17,24H,16H2,1-2H3. The summed E-state index contributed by atoms with van der Waals surface area (Å²) in [5, 5.41) is 15.3. The molecule has 1 aromatic heterocycles. The predicted octanol–water partition coefficient (Wildman–Crippen LogP) is 4.31. The highest BCUT2D eigenvalue weighted by molar-refractivity contribution is 5.44. The third-order valence-corrected chi connectivity index (χ3v) is 4.78. The smallest absolute Gasteiger partial charge is 0.346 e. The van der Waals surface area contributed by atoms with Gasteiger partial charge < -0.3 is 14.8 Å². The predicted molar refractivity (Wildman–Crippen MR) is 114 cm³/mol. The average molecular weight is 401 g/mol. The molecule has 4 aromatic rings. The number of ether oxygens (including phenoxy) is 2. The van der Waals surface area contributed by atoms with E-state index in [9.17, 15) is 0 Å². The molecule has 3 aromatic carbocycles. The zero-order chi connectivity index (χ0) is 20.8. The van der Waals surface area contributed by atoms with E-state index in [-0.39, 0.29) is 12.1 Å². The minimum Gasteiger partial charge on any atom is -0.493 e.